The molecule has 9 aromatic rings. The van der Waals surface area contributed by atoms with Crippen molar-refractivity contribution in [1.82, 2.24) is 19.9 Å². The van der Waals surface area contributed by atoms with Gasteiger partial charge in [0.15, 0.2) is 17.5 Å². The molecule has 0 saturated heterocycles. The van der Waals surface area contributed by atoms with Crippen LogP contribution in [0, 0.1) is 0 Å². The van der Waals surface area contributed by atoms with Gasteiger partial charge in [0.2, 0.25) is 0 Å². The quantitative estimate of drug-likeness (QED) is 0.170. The maximum absolute atomic E-state index is 5.06. The highest BCUT2D eigenvalue weighted by atomic mass is 15.0. The van der Waals surface area contributed by atoms with Crippen molar-refractivity contribution in [2.75, 3.05) is 0 Å². The average molecular weight is 665 g/mol. The predicted molar refractivity (Wildman–Crippen MR) is 213 cm³/mol. The molecule has 7 aromatic carbocycles. The van der Waals surface area contributed by atoms with Gasteiger partial charge in [-0.25, -0.2) is 15.0 Å². The van der Waals surface area contributed by atoms with Gasteiger partial charge in [0.25, 0.3) is 0 Å². The van der Waals surface area contributed by atoms with E-state index in [0.717, 1.165) is 61.0 Å². The molecule has 0 spiro atoms. The Morgan fingerprint density at radius 1 is 0.269 bits per heavy atom. The molecule has 0 N–H and O–H groups in total. The zero-order chi connectivity index (χ0) is 34.7. The van der Waals surface area contributed by atoms with Crippen LogP contribution in [0.15, 0.2) is 194 Å². The Balaban J connectivity index is 1.11. The number of fused-ring (bicyclic) bond motifs is 1. The molecule has 0 amide bonds. The monoisotopic (exact) mass is 664 g/mol. The molecular formula is C48H32N4. The molecule has 244 valence electrons. The number of rotatable bonds is 7. The van der Waals surface area contributed by atoms with E-state index in [1.54, 1.807) is 0 Å². The molecule has 0 atom stereocenters. The van der Waals surface area contributed by atoms with E-state index < -0.39 is 0 Å². The first-order valence-electron chi connectivity index (χ1n) is 17.4. The highest BCUT2D eigenvalue weighted by molar-refractivity contribution is 5.97. The molecule has 0 fully saturated rings. The fourth-order valence-electron chi connectivity index (χ4n) is 6.69. The van der Waals surface area contributed by atoms with Gasteiger partial charge in [-0.3, -0.25) is 4.98 Å². The molecule has 0 radical (unpaired) electrons. The maximum atomic E-state index is 5.06. The summed E-state index contributed by atoms with van der Waals surface area (Å²) in [6, 6.07) is 65.0. The number of benzene rings is 7. The van der Waals surface area contributed by atoms with Crippen LogP contribution < -0.4 is 0 Å². The highest BCUT2D eigenvalue weighted by Crippen LogP contribution is 2.34. The van der Waals surface area contributed by atoms with Gasteiger partial charge in [0, 0.05) is 33.8 Å². The number of pyridine rings is 1. The summed E-state index contributed by atoms with van der Waals surface area (Å²) >= 11 is 0. The van der Waals surface area contributed by atoms with Crippen LogP contribution in [0.4, 0.5) is 0 Å². The molecule has 0 aliphatic rings. The second-order valence-corrected chi connectivity index (χ2v) is 12.7. The van der Waals surface area contributed by atoms with E-state index in [0.29, 0.717) is 17.5 Å². The van der Waals surface area contributed by atoms with Crippen molar-refractivity contribution in [2.24, 2.45) is 0 Å². The molecule has 0 unspecified atom stereocenters. The topological polar surface area (TPSA) is 51.6 Å². The molecule has 0 saturated carbocycles. The third-order valence-electron chi connectivity index (χ3n) is 9.38. The van der Waals surface area contributed by atoms with Gasteiger partial charge in [-0.1, -0.05) is 164 Å². The van der Waals surface area contributed by atoms with Crippen molar-refractivity contribution in [3.63, 3.8) is 0 Å². The van der Waals surface area contributed by atoms with E-state index in [1.165, 1.54) is 11.1 Å². The Morgan fingerprint density at radius 2 is 0.692 bits per heavy atom. The van der Waals surface area contributed by atoms with Crippen LogP contribution in [0.3, 0.4) is 0 Å². The van der Waals surface area contributed by atoms with Crippen molar-refractivity contribution in [1.29, 1.82) is 0 Å². The highest BCUT2D eigenvalue weighted by Gasteiger charge is 2.15. The Labute approximate surface area is 302 Å². The molecule has 2 heterocycles. The van der Waals surface area contributed by atoms with Gasteiger partial charge in [0.05, 0.1) is 5.52 Å². The van der Waals surface area contributed by atoms with E-state index in [4.69, 9.17) is 19.9 Å². The van der Waals surface area contributed by atoms with Crippen molar-refractivity contribution in [3.8, 4) is 78.7 Å². The summed E-state index contributed by atoms with van der Waals surface area (Å²) in [6.07, 6.45) is 1.95. The molecule has 0 aliphatic heterocycles. The lowest BCUT2D eigenvalue weighted by molar-refractivity contribution is 1.07. The van der Waals surface area contributed by atoms with Crippen LogP contribution in [-0.4, -0.2) is 19.9 Å². The summed E-state index contributed by atoms with van der Waals surface area (Å²) < 4.78 is 0. The number of aromatic nitrogens is 4. The summed E-state index contributed by atoms with van der Waals surface area (Å²) in [5.41, 5.74) is 12.7. The zero-order valence-electron chi connectivity index (χ0n) is 28.3. The molecule has 4 heteroatoms. The van der Waals surface area contributed by atoms with Crippen LogP contribution in [0.25, 0.3) is 89.6 Å². The van der Waals surface area contributed by atoms with Gasteiger partial charge in [0.1, 0.15) is 0 Å². The van der Waals surface area contributed by atoms with Gasteiger partial charge < -0.3 is 0 Å². The molecule has 0 bridgehead atoms. The second kappa shape index (κ2) is 13.7. The Hall–Kier alpha value is -7.04. The Bertz CT molecular complexity index is 2650. The van der Waals surface area contributed by atoms with Crippen LogP contribution in [0.1, 0.15) is 0 Å². The Kier molecular flexibility index (Phi) is 8.16. The minimum Gasteiger partial charge on any atom is -0.256 e. The largest absolute Gasteiger partial charge is 0.256 e. The minimum absolute atomic E-state index is 0.615. The number of hydrogen-bond acceptors (Lipinski definition) is 4. The fourth-order valence-corrected chi connectivity index (χ4v) is 6.69. The van der Waals surface area contributed by atoms with Crippen molar-refractivity contribution >= 4 is 10.9 Å². The first-order valence-corrected chi connectivity index (χ1v) is 17.4. The molecule has 4 nitrogen and oxygen atoms in total. The first-order chi connectivity index (χ1) is 25.7. The van der Waals surface area contributed by atoms with Crippen molar-refractivity contribution in [2.45, 2.75) is 0 Å². The molecule has 2 aromatic heterocycles. The predicted octanol–water partition coefficient (Wildman–Crippen LogP) is 12.1. The van der Waals surface area contributed by atoms with Crippen LogP contribution in [0.2, 0.25) is 0 Å². The van der Waals surface area contributed by atoms with E-state index in [-0.39, 0.29) is 0 Å². The maximum Gasteiger partial charge on any atom is 0.164 e. The summed E-state index contributed by atoms with van der Waals surface area (Å²) in [5.74, 6) is 1.87. The smallest absolute Gasteiger partial charge is 0.164 e. The average Bonchev–Trinajstić information content (AvgIpc) is 3.24. The molecular weight excluding hydrogens is 633 g/mol. The summed E-state index contributed by atoms with van der Waals surface area (Å²) in [6.45, 7) is 0. The van der Waals surface area contributed by atoms with Crippen LogP contribution in [-0.2, 0) is 0 Å². The third kappa shape index (κ3) is 6.26. The lowest BCUT2D eigenvalue weighted by Crippen LogP contribution is -2.00. The molecule has 52 heavy (non-hydrogen) atoms. The fraction of sp³-hybridized carbons (Fsp3) is 0. The van der Waals surface area contributed by atoms with Crippen molar-refractivity contribution in [3.05, 3.63) is 194 Å². The number of hydrogen-bond donors (Lipinski definition) is 0. The SMILES string of the molecule is c1ccc(-c2ccc(-c3cccc4ncc(-c5cccc(-c6nc(-c7ccccc7)nc(-c7cccc(-c8ccccc8)c7)n6)c5)cc34)cc2)cc1. The van der Waals surface area contributed by atoms with Crippen molar-refractivity contribution < 1.29 is 0 Å². The van der Waals surface area contributed by atoms with E-state index in [2.05, 4.69) is 146 Å². The lowest BCUT2D eigenvalue weighted by Gasteiger charge is -2.12. The summed E-state index contributed by atoms with van der Waals surface area (Å²) in [7, 11) is 0. The van der Waals surface area contributed by atoms with Gasteiger partial charge in [-0.2, -0.15) is 0 Å². The molecule has 9 rings (SSSR count). The van der Waals surface area contributed by atoms with Gasteiger partial charge >= 0.3 is 0 Å². The summed E-state index contributed by atoms with van der Waals surface area (Å²) in [4.78, 5) is 20.0. The van der Waals surface area contributed by atoms with Gasteiger partial charge in [-0.15, -0.1) is 0 Å². The third-order valence-corrected chi connectivity index (χ3v) is 9.38. The first kappa shape index (κ1) is 31.0. The molecule has 0 aliphatic carbocycles. The lowest BCUT2D eigenvalue weighted by atomic mass is 9.96. The normalized spacial score (nSPS) is 11.1. The minimum atomic E-state index is 0.615. The van der Waals surface area contributed by atoms with Gasteiger partial charge in [-0.05, 0) is 63.2 Å². The second-order valence-electron chi connectivity index (χ2n) is 12.7. The Morgan fingerprint density at radius 3 is 1.29 bits per heavy atom. The van der Waals surface area contributed by atoms with Crippen LogP contribution in [0.5, 0.6) is 0 Å². The van der Waals surface area contributed by atoms with E-state index >= 15 is 0 Å². The van der Waals surface area contributed by atoms with Crippen LogP contribution >= 0.6 is 0 Å². The standard InChI is InChI=1S/C48H32N4/c1-4-13-33(14-5-1)35-25-27-36(28-26-35)43-23-12-24-45-44(43)31-42(32-49-45)39-20-11-22-41(30-39)48-51-46(37-17-8-3-9-18-37)50-47(52-48)40-21-10-19-38(29-40)34-15-6-2-7-16-34/h1-32H. The number of nitrogens with zero attached hydrogens (tertiary/aromatic N) is 4. The zero-order valence-corrected chi connectivity index (χ0v) is 28.3. The van der Waals surface area contributed by atoms with E-state index in [9.17, 15) is 0 Å². The van der Waals surface area contributed by atoms with E-state index in [1.807, 2.05) is 48.7 Å². The summed E-state index contributed by atoms with van der Waals surface area (Å²) in [5, 5.41) is 1.10.